The summed E-state index contributed by atoms with van der Waals surface area (Å²) in [4.78, 5) is 5.31. The Morgan fingerprint density at radius 2 is 1.38 bits per heavy atom. The van der Waals surface area contributed by atoms with Crippen LogP contribution in [0.3, 0.4) is 0 Å². The molecule has 2 aliphatic heterocycles. The average molecular weight is 447 g/mol. The van der Waals surface area contributed by atoms with E-state index in [0.29, 0.717) is 17.4 Å². The summed E-state index contributed by atoms with van der Waals surface area (Å²) in [5.74, 6) is 3.31. The molecule has 0 spiro atoms. The minimum absolute atomic E-state index is 0.123. The molecular weight excluding hydrogens is 400 g/mol. The summed E-state index contributed by atoms with van der Waals surface area (Å²) < 4.78 is 11.2. The lowest BCUT2D eigenvalue weighted by atomic mass is 9.45. The molecule has 4 aliphatic carbocycles. The Balaban J connectivity index is 1.18. The summed E-state index contributed by atoms with van der Waals surface area (Å²) in [6.45, 7) is 12.9. The van der Waals surface area contributed by atoms with Gasteiger partial charge in [-0.05, 0) is 85.9 Å². The molecule has 0 radical (unpaired) electrons. The van der Waals surface area contributed by atoms with Crippen molar-refractivity contribution in [3.05, 3.63) is 0 Å². The second kappa shape index (κ2) is 8.48. The minimum atomic E-state index is -0.158. The van der Waals surface area contributed by atoms with E-state index in [-0.39, 0.29) is 11.5 Å². The molecule has 4 saturated carbocycles. The van der Waals surface area contributed by atoms with Crippen molar-refractivity contribution in [2.24, 2.45) is 34.5 Å². The molecule has 5 heteroatoms. The summed E-state index contributed by atoms with van der Waals surface area (Å²) in [6.07, 6.45) is 10.7. The molecule has 9 atom stereocenters. The largest absolute Gasteiger partial charge is 0.391 e. The number of hydrogen-bond donors (Lipinski definition) is 1. The van der Waals surface area contributed by atoms with E-state index >= 15 is 0 Å². The third kappa shape index (κ3) is 3.44. The van der Waals surface area contributed by atoms with Crippen molar-refractivity contribution >= 4 is 0 Å². The molecule has 182 valence electrons. The van der Waals surface area contributed by atoms with Crippen molar-refractivity contribution in [1.82, 2.24) is 9.80 Å². The molecular formula is C27H46N2O3. The smallest absolute Gasteiger partial charge is 0.0751 e. The van der Waals surface area contributed by atoms with E-state index in [2.05, 4.69) is 23.6 Å². The van der Waals surface area contributed by atoms with Gasteiger partial charge in [0.15, 0.2) is 0 Å². The van der Waals surface area contributed by atoms with Crippen LogP contribution in [0, 0.1) is 34.5 Å². The molecule has 6 rings (SSSR count). The lowest BCUT2D eigenvalue weighted by Crippen LogP contribution is -2.56. The summed E-state index contributed by atoms with van der Waals surface area (Å²) in [7, 11) is 0. The highest BCUT2D eigenvalue weighted by Gasteiger charge is 2.62. The first-order chi connectivity index (χ1) is 15.5. The van der Waals surface area contributed by atoms with E-state index in [1.54, 1.807) is 0 Å². The zero-order chi connectivity index (χ0) is 21.9. The fraction of sp³-hybridized carbons (Fsp3) is 1.00. The quantitative estimate of drug-likeness (QED) is 0.704. The van der Waals surface area contributed by atoms with Crippen LogP contribution in [0.25, 0.3) is 0 Å². The van der Waals surface area contributed by atoms with Crippen molar-refractivity contribution in [1.29, 1.82) is 0 Å². The van der Waals surface area contributed by atoms with Crippen LogP contribution in [0.4, 0.5) is 0 Å². The summed E-state index contributed by atoms with van der Waals surface area (Å²) >= 11 is 0. The lowest BCUT2D eigenvalue weighted by molar-refractivity contribution is -0.133. The van der Waals surface area contributed by atoms with E-state index in [0.717, 1.165) is 76.4 Å². The third-order valence-electron chi connectivity index (χ3n) is 11.7. The molecule has 0 aromatic heterocycles. The van der Waals surface area contributed by atoms with E-state index in [1.165, 1.54) is 51.4 Å². The van der Waals surface area contributed by atoms with E-state index in [9.17, 15) is 5.11 Å². The van der Waals surface area contributed by atoms with E-state index < -0.39 is 0 Å². The van der Waals surface area contributed by atoms with Gasteiger partial charge in [-0.3, -0.25) is 9.80 Å². The Morgan fingerprint density at radius 3 is 2.09 bits per heavy atom. The van der Waals surface area contributed by atoms with Crippen molar-refractivity contribution in [2.45, 2.75) is 83.4 Å². The SMILES string of the molecule is C[C@]12CC[C@H](N3CCOCC3)C[C@@H]1CC[C@@H]1[C@@H]2CC[C@]2(C)[C@@H](O)[C@@H](N3CCOCC3)C[C@@H]12. The Morgan fingerprint density at radius 1 is 0.719 bits per heavy atom. The van der Waals surface area contributed by atoms with Crippen LogP contribution in [-0.2, 0) is 9.47 Å². The van der Waals surface area contributed by atoms with Gasteiger partial charge in [-0.25, -0.2) is 0 Å². The zero-order valence-corrected chi connectivity index (χ0v) is 20.5. The normalized spacial score (nSPS) is 52.8. The minimum Gasteiger partial charge on any atom is -0.391 e. The second-order valence-electron chi connectivity index (χ2n) is 12.7. The van der Waals surface area contributed by atoms with E-state index in [1.807, 2.05) is 0 Å². The summed E-state index contributed by atoms with van der Waals surface area (Å²) in [5.41, 5.74) is 0.646. The molecule has 1 N–H and O–H groups in total. The fourth-order valence-corrected chi connectivity index (χ4v) is 9.76. The number of ether oxygens (including phenoxy) is 2. The Hall–Kier alpha value is -0.200. The van der Waals surface area contributed by atoms with Gasteiger partial charge in [-0.1, -0.05) is 13.8 Å². The fourth-order valence-electron chi connectivity index (χ4n) is 9.76. The first kappa shape index (κ1) is 22.3. The maximum Gasteiger partial charge on any atom is 0.0751 e. The summed E-state index contributed by atoms with van der Waals surface area (Å²) in [5, 5.41) is 11.6. The molecule has 6 aliphatic rings. The van der Waals surface area contributed by atoms with Crippen molar-refractivity contribution in [3.8, 4) is 0 Å². The van der Waals surface area contributed by atoms with Crippen molar-refractivity contribution < 1.29 is 14.6 Å². The Labute approximate surface area is 195 Å². The molecule has 0 bridgehead atoms. The van der Waals surface area contributed by atoms with Gasteiger partial charge in [0, 0.05) is 38.3 Å². The van der Waals surface area contributed by atoms with Crippen LogP contribution in [0.2, 0.25) is 0 Å². The second-order valence-corrected chi connectivity index (χ2v) is 12.7. The average Bonchev–Trinajstić information content (AvgIpc) is 3.10. The summed E-state index contributed by atoms with van der Waals surface area (Å²) in [6, 6.07) is 1.15. The number of nitrogens with zero attached hydrogens (tertiary/aromatic N) is 2. The number of rotatable bonds is 2. The van der Waals surface area contributed by atoms with Gasteiger partial charge in [0.2, 0.25) is 0 Å². The van der Waals surface area contributed by atoms with Gasteiger partial charge in [0.1, 0.15) is 0 Å². The monoisotopic (exact) mass is 446 g/mol. The van der Waals surface area contributed by atoms with E-state index in [4.69, 9.17) is 9.47 Å². The van der Waals surface area contributed by atoms with Crippen LogP contribution in [-0.4, -0.2) is 85.7 Å². The van der Waals surface area contributed by atoms with Crippen LogP contribution in [0.5, 0.6) is 0 Å². The van der Waals surface area contributed by atoms with Crippen LogP contribution in [0.15, 0.2) is 0 Å². The first-order valence-electron chi connectivity index (χ1n) is 13.8. The van der Waals surface area contributed by atoms with Crippen LogP contribution in [0.1, 0.15) is 65.2 Å². The van der Waals surface area contributed by atoms with Gasteiger partial charge < -0.3 is 14.6 Å². The number of morpholine rings is 2. The molecule has 5 nitrogen and oxygen atoms in total. The molecule has 0 aromatic carbocycles. The predicted octanol–water partition coefficient (Wildman–Crippen LogP) is 3.40. The molecule has 0 aromatic rings. The maximum absolute atomic E-state index is 11.6. The van der Waals surface area contributed by atoms with Gasteiger partial charge in [0.05, 0.1) is 32.5 Å². The van der Waals surface area contributed by atoms with Gasteiger partial charge >= 0.3 is 0 Å². The molecule has 0 unspecified atom stereocenters. The molecule has 6 fully saturated rings. The van der Waals surface area contributed by atoms with Gasteiger partial charge in [-0.2, -0.15) is 0 Å². The predicted molar refractivity (Wildman–Crippen MR) is 125 cm³/mol. The first-order valence-corrected chi connectivity index (χ1v) is 13.8. The zero-order valence-electron chi connectivity index (χ0n) is 20.5. The Bertz CT molecular complexity index is 678. The topological polar surface area (TPSA) is 45.2 Å². The van der Waals surface area contributed by atoms with Crippen LogP contribution < -0.4 is 0 Å². The number of aliphatic hydroxyl groups is 1. The standard InChI is InChI=1S/C27H46N2O3/c1-26-7-5-20(28-9-13-31-14-10-28)17-19(26)3-4-21-22(26)6-8-27(2)23(21)18-24(25(27)30)29-11-15-32-16-12-29/h19-25,30H,3-18H2,1-2H3/t19-,20-,21+,22-,23-,24-,25-,26-,27-/m0/s1. The van der Waals surface area contributed by atoms with Gasteiger partial charge in [0.25, 0.3) is 0 Å². The van der Waals surface area contributed by atoms with Crippen molar-refractivity contribution in [2.75, 3.05) is 52.6 Å². The lowest BCUT2D eigenvalue weighted by Gasteiger charge is -2.61. The highest BCUT2D eigenvalue weighted by atomic mass is 16.5. The van der Waals surface area contributed by atoms with Crippen molar-refractivity contribution in [3.63, 3.8) is 0 Å². The van der Waals surface area contributed by atoms with Crippen LogP contribution >= 0.6 is 0 Å². The molecule has 32 heavy (non-hydrogen) atoms. The molecule has 2 heterocycles. The number of fused-ring (bicyclic) bond motifs is 5. The molecule has 0 amide bonds. The third-order valence-corrected chi connectivity index (χ3v) is 11.7. The number of aliphatic hydroxyl groups excluding tert-OH is 1. The maximum atomic E-state index is 11.6. The molecule has 2 saturated heterocycles. The van der Waals surface area contributed by atoms with Gasteiger partial charge in [-0.15, -0.1) is 0 Å². The number of hydrogen-bond acceptors (Lipinski definition) is 5. The highest BCUT2D eigenvalue weighted by molar-refractivity contribution is 5.13. The Kier molecular flexibility index (Phi) is 5.90. The highest BCUT2D eigenvalue weighted by Crippen LogP contribution is 2.66.